The van der Waals surface area contributed by atoms with Crippen molar-refractivity contribution in [3.63, 3.8) is 0 Å². The van der Waals surface area contributed by atoms with Crippen LogP contribution >= 0.6 is 23.2 Å². The van der Waals surface area contributed by atoms with Gasteiger partial charge < -0.3 is 19.7 Å². The highest BCUT2D eigenvalue weighted by Gasteiger charge is 2.35. The van der Waals surface area contributed by atoms with E-state index in [-0.39, 0.29) is 11.8 Å². The molecule has 0 bridgehead atoms. The third-order valence-corrected chi connectivity index (χ3v) is 5.01. The molecule has 1 N–H and O–H groups in total. The van der Waals surface area contributed by atoms with Crippen LogP contribution in [0.15, 0.2) is 36.4 Å². The molecular formula is C20H20Cl2N2O4. The van der Waals surface area contributed by atoms with E-state index in [9.17, 15) is 9.59 Å². The number of hydrogen-bond acceptors (Lipinski definition) is 4. The third-order valence-electron chi connectivity index (χ3n) is 4.58. The predicted molar refractivity (Wildman–Crippen MR) is 109 cm³/mol. The fourth-order valence-electron chi connectivity index (χ4n) is 3.27. The zero-order valence-electron chi connectivity index (χ0n) is 15.5. The number of carbonyl (C=O) groups is 2. The van der Waals surface area contributed by atoms with E-state index in [0.717, 1.165) is 6.42 Å². The zero-order chi connectivity index (χ0) is 20.3. The first kappa shape index (κ1) is 20.3. The Balaban J connectivity index is 1.78. The Morgan fingerprint density at radius 1 is 1.04 bits per heavy atom. The van der Waals surface area contributed by atoms with Crippen LogP contribution in [0, 0.1) is 0 Å². The van der Waals surface area contributed by atoms with Gasteiger partial charge >= 0.3 is 0 Å². The summed E-state index contributed by atoms with van der Waals surface area (Å²) in [7, 11) is 3.04. The van der Waals surface area contributed by atoms with Crippen LogP contribution in [0.3, 0.4) is 0 Å². The Hall–Kier alpha value is -2.44. The quantitative estimate of drug-likeness (QED) is 0.781. The van der Waals surface area contributed by atoms with Crippen molar-refractivity contribution < 1.29 is 19.1 Å². The maximum absolute atomic E-state index is 13.0. The third kappa shape index (κ3) is 4.34. The number of anilines is 1. The molecule has 2 amide bonds. The minimum atomic E-state index is -0.571. The van der Waals surface area contributed by atoms with Gasteiger partial charge in [0, 0.05) is 27.8 Å². The maximum atomic E-state index is 13.0. The number of methoxy groups -OCH3 is 2. The second kappa shape index (κ2) is 8.71. The number of halogens is 2. The molecule has 1 fully saturated rings. The molecule has 0 aromatic heterocycles. The van der Waals surface area contributed by atoms with Crippen molar-refractivity contribution in [2.24, 2.45) is 0 Å². The number of carbonyl (C=O) groups excluding carboxylic acids is 2. The van der Waals surface area contributed by atoms with Crippen LogP contribution in [0.5, 0.6) is 11.5 Å². The van der Waals surface area contributed by atoms with Crippen molar-refractivity contribution in [1.29, 1.82) is 0 Å². The van der Waals surface area contributed by atoms with Crippen LogP contribution < -0.4 is 14.8 Å². The number of amides is 2. The number of hydrogen-bond donors (Lipinski definition) is 1. The lowest BCUT2D eigenvalue weighted by Gasteiger charge is -2.24. The van der Waals surface area contributed by atoms with Gasteiger partial charge in [-0.05, 0) is 49.2 Å². The lowest BCUT2D eigenvalue weighted by molar-refractivity contribution is -0.119. The number of likely N-dealkylation sites (tertiary alicyclic amines) is 1. The maximum Gasteiger partial charge on any atom is 0.254 e. The number of nitrogens with zero attached hydrogens (tertiary/aromatic N) is 1. The van der Waals surface area contributed by atoms with Crippen molar-refractivity contribution in [3.05, 3.63) is 52.0 Å². The molecular weight excluding hydrogens is 403 g/mol. The van der Waals surface area contributed by atoms with Crippen molar-refractivity contribution in [3.8, 4) is 11.5 Å². The monoisotopic (exact) mass is 422 g/mol. The molecule has 0 spiro atoms. The Morgan fingerprint density at radius 3 is 2.36 bits per heavy atom. The topological polar surface area (TPSA) is 67.9 Å². The largest absolute Gasteiger partial charge is 0.493 e. The summed E-state index contributed by atoms with van der Waals surface area (Å²) in [4.78, 5) is 27.3. The highest BCUT2D eigenvalue weighted by Crippen LogP contribution is 2.30. The van der Waals surface area contributed by atoms with Crippen LogP contribution in [0.2, 0.25) is 10.0 Å². The Kier molecular flexibility index (Phi) is 6.31. The van der Waals surface area contributed by atoms with Crippen molar-refractivity contribution in [2.75, 3.05) is 26.1 Å². The first-order valence-electron chi connectivity index (χ1n) is 8.73. The van der Waals surface area contributed by atoms with E-state index >= 15 is 0 Å². The normalized spacial score (nSPS) is 16.0. The van der Waals surface area contributed by atoms with Gasteiger partial charge in [0.05, 0.1) is 14.2 Å². The molecule has 3 rings (SSSR count). The summed E-state index contributed by atoms with van der Waals surface area (Å²) in [5.41, 5.74) is 0.927. The molecule has 1 atom stereocenters. The molecule has 0 aliphatic carbocycles. The van der Waals surface area contributed by atoms with Crippen molar-refractivity contribution >= 4 is 40.7 Å². The fraction of sp³-hybridized carbons (Fsp3) is 0.300. The van der Waals surface area contributed by atoms with E-state index in [0.29, 0.717) is 45.8 Å². The molecule has 0 radical (unpaired) electrons. The molecule has 2 aromatic rings. The second-order valence-electron chi connectivity index (χ2n) is 6.37. The molecule has 1 aliphatic heterocycles. The molecule has 6 nitrogen and oxygen atoms in total. The summed E-state index contributed by atoms with van der Waals surface area (Å²) in [6, 6.07) is 9.19. The van der Waals surface area contributed by atoms with Gasteiger partial charge in [-0.25, -0.2) is 0 Å². The second-order valence-corrected chi connectivity index (χ2v) is 7.25. The standard InChI is InChI=1S/C20H20Cl2N2O4/c1-27-17-6-5-12(8-18(17)28-2)20(26)24-7-3-4-16(24)19(25)23-15-10-13(21)9-14(22)11-15/h5-6,8-11,16H,3-4,7H2,1-2H3,(H,23,25). The number of benzene rings is 2. The summed E-state index contributed by atoms with van der Waals surface area (Å²) >= 11 is 12.0. The summed E-state index contributed by atoms with van der Waals surface area (Å²) in [6.45, 7) is 0.502. The number of nitrogens with one attached hydrogen (secondary N) is 1. The SMILES string of the molecule is COc1ccc(C(=O)N2CCCC2C(=O)Nc2cc(Cl)cc(Cl)c2)cc1OC. The van der Waals surface area contributed by atoms with Crippen LogP contribution in [0.25, 0.3) is 0 Å². The average molecular weight is 423 g/mol. The first-order valence-corrected chi connectivity index (χ1v) is 9.48. The van der Waals surface area contributed by atoms with E-state index in [1.807, 2.05) is 0 Å². The molecule has 2 aromatic carbocycles. The molecule has 8 heteroatoms. The van der Waals surface area contributed by atoms with E-state index in [1.54, 1.807) is 41.3 Å². The molecule has 1 unspecified atom stereocenters. The van der Waals surface area contributed by atoms with Gasteiger partial charge in [0.1, 0.15) is 6.04 Å². The summed E-state index contributed by atoms with van der Waals surface area (Å²) in [6.07, 6.45) is 1.33. The number of ether oxygens (including phenoxy) is 2. The average Bonchev–Trinajstić information content (AvgIpc) is 3.16. The molecule has 0 saturated carbocycles. The van der Waals surface area contributed by atoms with Gasteiger partial charge in [0.2, 0.25) is 5.91 Å². The zero-order valence-corrected chi connectivity index (χ0v) is 17.0. The predicted octanol–water partition coefficient (Wildman–Crippen LogP) is 4.25. The van der Waals surface area contributed by atoms with Crippen LogP contribution in [0.4, 0.5) is 5.69 Å². The van der Waals surface area contributed by atoms with Crippen molar-refractivity contribution in [1.82, 2.24) is 4.90 Å². The summed E-state index contributed by atoms with van der Waals surface area (Å²) in [5.74, 6) is 0.488. The lowest BCUT2D eigenvalue weighted by atomic mass is 10.1. The fourth-order valence-corrected chi connectivity index (χ4v) is 3.80. The van der Waals surface area contributed by atoms with Crippen LogP contribution in [-0.2, 0) is 4.79 Å². The van der Waals surface area contributed by atoms with Gasteiger partial charge in [-0.15, -0.1) is 0 Å². The van der Waals surface area contributed by atoms with Gasteiger partial charge in [0.15, 0.2) is 11.5 Å². The first-order chi connectivity index (χ1) is 13.4. The Morgan fingerprint density at radius 2 is 1.71 bits per heavy atom. The highest BCUT2D eigenvalue weighted by atomic mass is 35.5. The highest BCUT2D eigenvalue weighted by molar-refractivity contribution is 6.35. The van der Waals surface area contributed by atoms with E-state index in [1.165, 1.54) is 14.2 Å². The Bertz CT molecular complexity index is 884. The Labute approximate surface area is 173 Å². The molecule has 1 heterocycles. The molecule has 1 aliphatic rings. The van der Waals surface area contributed by atoms with E-state index < -0.39 is 6.04 Å². The van der Waals surface area contributed by atoms with Gasteiger partial charge in [-0.2, -0.15) is 0 Å². The van der Waals surface area contributed by atoms with Crippen LogP contribution in [-0.4, -0.2) is 43.5 Å². The van der Waals surface area contributed by atoms with Gasteiger partial charge in [-0.3, -0.25) is 9.59 Å². The smallest absolute Gasteiger partial charge is 0.254 e. The van der Waals surface area contributed by atoms with Crippen LogP contribution in [0.1, 0.15) is 23.2 Å². The minimum Gasteiger partial charge on any atom is -0.493 e. The lowest BCUT2D eigenvalue weighted by Crippen LogP contribution is -2.43. The molecule has 1 saturated heterocycles. The van der Waals surface area contributed by atoms with E-state index in [2.05, 4.69) is 5.32 Å². The molecule has 148 valence electrons. The van der Waals surface area contributed by atoms with E-state index in [4.69, 9.17) is 32.7 Å². The van der Waals surface area contributed by atoms with Crippen molar-refractivity contribution in [2.45, 2.75) is 18.9 Å². The van der Waals surface area contributed by atoms with Gasteiger partial charge in [0.25, 0.3) is 5.91 Å². The summed E-state index contributed by atoms with van der Waals surface area (Å²) < 4.78 is 10.5. The number of rotatable bonds is 5. The summed E-state index contributed by atoms with van der Waals surface area (Å²) in [5, 5.41) is 3.64. The van der Waals surface area contributed by atoms with Gasteiger partial charge in [-0.1, -0.05) is 23.2 Å². The molecule has 28 heavy (non-hydrogen) atoms. The minimum absolute atomic E-state index is 0.234.